The van der Waals surface area contributed by atoms with E-state index in [2.05, 4.69) is 0 Å². The topological polar surface area (TPSA) is 27.7 Å². The van der Waals surface area contributed by atoms with Gasteiger partial charge in [0.1, 0.15) is 0 Å². The molecule has 3 heteroatoms. The van der Waals surface area contributed by atoms with Crippen LogP contribution in [-0.4, -0.2) is 14.2 Å². The molecule has 0 spiro atoms. The SMILES string of the molecule is COc1cccc(OC)c1OC=C(C)c1ccccc1. The van der Waals surface area contributed by atoms with Gasteiger partial charge in [-0.05, 0) is 30.2 Å². The van der Waals surface area contributed by atoms with Gasteiger partial charge in [0.25, 0.3) is 0 Å². The van der Waals surface area contributed by atoms with Crippen LogP contribution in [0.3, 0.4) is 0 Å². The van der Waals surface area contributed by atoms with Crippen molar-refractivity contribution in [3.05, 3.63) is 60.4 Å². The summed E-state index contributed by atoms with van der Waals surface area (Å²) < 4.78 is 16.3. The minimum Gasteiger partial charge on any atom is -0.493 e. The van der Waals surface area contributed by atoms with Crippen molar-refractivity contribution in [2.24, 2.45) is 0 Å². The number of ether oxygens (including phenoxy) is 3. The summed E-state index contributed by atoms with van der Waals surface area (Å²) in [6.07, 6.45) is 1.70. The summed E-state index contributed by atoms with van der Waals surface area (Å²) in [7, 11) is 3.21. The van der Waals surface area contributed by atoms with Crippen molar-refractivity contribution in [3.63, 3.8) is 0 Å². The number of hydrogen-bond acceptors (Lipinski definition) is 3. The smallest absolute Gasteiger partial charge is 0.210 e. The molecular formula is C17H18O3. The molecular weight excluding hydrogens is 252 g/mol. The van der Waals surface area contributed by atoms with Gasteiger partial charge in [0.15, 0.2) is 11.5 Å². The first-order chi connectivity index (χ1) is 9.76. The van der Waals surface area contributed by atoms with Gasteiger partial charge in [0, 0.05) is 0 Å². The van der Waals surface area contributed by atoms with Gasteiger partial charge < -0.3 is 14.2 Å². The molecule has 20 heavy (non-hydrogen) atoms. The summed E-state index contributed by atoms with van der Waals surface area (Å²) in [6.45, 7) is 2.00. The lowest BCUT2D eigenvalue weighted by Gasteiger charge is -2.12. The highest BCUT2D eigenvalue weighted by atomic mass is 16.5. The van der Waals surface area contributed by atoms with Crippen molar-refractivity contribution in [1.29, 1.82) is 0 Å². The molecule has 0 saturated carbocycles. The summed E-state index contributed by atoms with van der Waals surface area (Å²) in [5, 5.41) is 0. The van der Waals surface area contributed by atoms with Crippen LogP contribution in [0.4, 0.5) is 0 Å². The summed E-state index contributed by atoms with van der Waals surface area (Å²) >= 11 is 0. The van der Waals surface area contributed by atoms with Crippen LogP contribution in [0.5, 0.6) is 17.2 Å². The molecule has 0 atom stereocenters. The highest BCUT2D eigenvalue weighted by Gasteiger charge is 2.10. The van der Waals surface area contributed by atoms with Crippen LogP contribution in [-0.2, 0) is 0 Å². The second-order valence-electron chi connectivity index (χ2n) is 4.28. The average molecular weight is 270 g/mol. The minimum absolute atomic E-state index is 0.577. The van der Waals surface area contributed by atoms with Crippen molar-refractivity contribution in [3.8, 4) is 17.2 Å². The van der Waals surface area contributed by atoms with Crippen molar-refractivity contribution in [2.45, 2.75) is 6.92 Å². The molecule has 0 saturated heterocycles. The number of para-hydroxylation sites is 1. The van der Waals surface area contributed by atoms with Gasteiger partial charge in [-0.2, -0.15) is 0 Å². The Balaban J connectivity index is 2.26. The number of methoxy groups -OCH3 is 2. The molecule has 2 aromatic rings. The first kappa shape index (κ1) is 14.0. The van der Waals surface area contributed by atoms with E-state index in [-0.39, 0.29) is 0 Å². The van der Waals surface area contributed by atoms with Crippen molar-refractivity contribution < 1.29 is 14.2 Å². The molecule has 0 aromatic heterocycles. The maximum atomic E-state index is 5.75. The Kier molecular flexibility index (Phi) is 4.66. The van der Waals surface area contributed by atoms with E-state index in [9.17, 15) is 0 Å². The quantitative estimate of drug-likeness (QED) is 0.764. The molecule has 0 radical (unpaired) electrons. The maximum absolute atomic E-state index is 5.75. The van der Waals surface area contributed by atoms with E-state index in [1.54, 1.807) is 20.5 Å². The third-order valence-electron chi connectivity index (χ3n) is 2.97. The Morgan fingerprint density at radius 3 is 2.00 bits per heavy atom. The fourth-order valence-corrected chi connectivity index (χ4v) is 1.85. The lowest BCUT2D eigenvalue weighted by molar-refractivity contribution is 0.346. The number of rotatable bonds is 5. The van der Waals surface area contributed by atoms with E-state index in [0.717, 1.165) is 11.1 Å². The predicted molar refractivity (Wildman–Crippen MR) is 80.3 cm³/mol. The second kappa shape index (κ2) is 6.66. The monoisotopic (exact) mass is 270 g/mol. The Morgan fingerprint density at radius 2 is 1.45 bits per heavy atom. The minimum atomic E-state index is 0.577. The van der Waals surface area contributed by atoms with Crippen LogP contribution in [0, 0.1) is 0 Å². The van der Waals surface area contributed by atoms with E-state index in [1.807, 2.05) is 55.5 Å². The van der Waals surface area contributed by atoms with Crippen LogP contribution in [0.25, 0.3) is 5.57 Å². The van der Waals surface area contributed by atoms with Gasteiger partial charge in [-0.1, -0.05) is 36.4 Å². The van der Waals surface area contributed by atoms with Crippen molar-refractivity contribution >= 4 is 5.57 Å². The lowest BCUT2D eigenvalue weighted by Crippen LogP contribution is -1.94. The number of allylic oxidation sites excluding steroid dienone is 1. The molecule has 0 aliphatic heterocycles. The number of hydrogen-bond donors (Lipinski definition) is 0. The molecule has 0 fully saturated rings. The number of benzene rings is 2. The van der Waals surface area contributed by atoms with Crippen LogP contribution in [0.2, 0.25) is 0 Å². The summed E-state index contributed by atoms with van der Waals surface area (Å²) in [4.78, 5) is 0. The first-order valence-electron chi connectivity index (χ1n) is 6.36. The lowest BCUT2D eigenvalue weighted by atomic mass is 10.1. The zero-order valence-corrected chi connectivity index (χ0v) is 11.9. The summed E-state index contributed by atoms with van der Waals surface area (Å²) in [5.41, 5.74) is 2.14. The molecule has 2 aromatic carbocycles. The normalized spacial score (nSPS) is 11.1. The molecule has 0 unspecified atom stereocenters. The van der Waals surface area contributed by atoms with Crippen LogP contribution < -0.4 is 14.2 Å². The van der Waals surface area contributed by atoms with Gasteiger partial charge in [-0.3, -0.25) is 0 Å². The molecule has 0 aliphatic carbocycles. The molecule has 104 valence electrons. The molecule has 2 rings (SSSR count). The average Bonchev–Trinajstić information content (AvgIpc) is 2.52. The highest BCUT2D eigenvalue weighted by molar-refractivity contribution is 5.63. The Hall–Kier alpha value is -2.42. The summed E-state index contributed by atoms with van der Waals surface area (Å²) in [5.74, 6) is 1.86. The van der Waals surface area contributed by atoms with Gasteiger partial charge >= 0.3 is 0 Å². The van der Waals surface area contributed by atoms with Crippen molar-refractivity contribution in [1.82, 2.24) is 0 Å². The van der Waals surface area contributed by atoms with E-state index in [4.69, 9.17) is 14.2 Å². The van der Waals surface area contributed by atoms with E-state index in [1.165, 1.54) is 0 Å². The Labute approximate surface area is 119 Å². The maximum Gasteiger partial charge on any atom is 0.210 e. The fraction of sp³-hybridized carbons (Fsp3) is 0.176. The molecule has 0 heterocycles. The standard InChI is InChI=1S/C17H18O3/c1-13(14-8-5-4-6-9-14)12-20-17-15(18-2)10-7-11-16(17)19-3/h4-12H,1-3H3. The largest absolute Gasteiger partial charge is 0.493 e. The van der Waals surface area contributed by atoms with Crippen LogP contribution >= 0.6 is 0 Å². The van der Waals surface area contributed by atoms with E-state index in [0.29, 0.717) is 17.2 Å². The third-order valence-corrected chi connectivity index (χ3v) is 2.97. The van der Waals surface area contributed by atoms with Gasteiger partial charge in [0.05, 0.1) is 20.5 Å². The molecule has 3 nitrogen and oxygen atoms in total. The van der Waals surface area contributed by atoms with Crippen LogP contribution in [0.1, 0.15) is 12.5 Å². The Morgan fingerprint density at radius 1 is 0.850 bits per heavy atom. The first-order valence-corrected chi connectivity index (χ1v) is 6.36. The predicted octanol–water partition coefficient (Wildman–Crippen LogP) is 4.14. The van der Waals surface area contributed by atoms with Gasteiger partial charge in [-0.25, -0.2) is 0 Å². The van der Waals surface area contributed by atoms with E-state index >= 15 is 0 Å². The Bertz CT molecular complexity index is 566. The summed E-state index contributed by atoms with van der Waals surface area (Å²) in [6, 6.07) is 15.6. The molecule has 0 N–H and O–H groups in total. The van der Waals surface area contributed by atoms with Gasteiger partial charge in [0.2, 0.25) is 5.75 Å². The molecule has 0 amide bonds. The van der Waals surface area contributed by atoms with Gasteiger partial charge in [-0.15, -0.1) is 0 Å². The third kappa shape index (κ3) is 3.12. The second-order valence-corrected chi connectivity index (χ2v) is 4.28. The van der Waals surface area contributed by atoms with Crippen molar-refractivity contribution in [2.75, 3.05) is 14.2 Å². The molecule has 0 bridgehead atoms. The van der Waals surface area contributed by atoms with E-state index < -0.39 is 0 Å². The molecule has 0 aliphatic rings. The zero-order chi connectivity index (χ0) is 14.4. The zero-order valence-electron chi connectivity index (χ0n) is 11.9. The fourth-order valence-electron chi connectivity index (χ4n) is 1.85. The highest BCUT2D eigenvalue weighted by Crippen LogP contribution is 2.37. The van der Waals surface area contributed by atoms with Crippen LogP contribution in [0.15, 0.2) is 54.8 Å².